The van der Waals surface area contributed by atoms with Gasteiger partial charge in [0.05, 0.1) is 0 Å². The van der Waals surface area contributed by atoms with Gasteiger partial charge in [-0.3, -0.25) is 0 Å². The molecule has 150 valence electrons. The van der Waals surface area contributed by atoms with Crippen LogP contribution in [-0.2, 0) is 19.6 Å². The molecule has 6 heteroatoms. The Morgan fingerprint density at radius 3 is 2.38 bits per heavy atom. The SMILES string of the molecule is Cl.Fc1ccc(CNCc2cn(Cc3ccc(Cl)cc3Cl)c3ccccc23)cc1. The van der Waals surface area contributed by atoms with Gasteiger partial charge < -0.3 is 9.88 Å². The Labute approximate surface area is 185 Å². The van der Waals surface area contributed by atoms with Crippen molar-refractivity contribution in [3.05, 3.63) is 105 Å². The summed E-state index contributed by atoms with van der Waals surface area (Å²) in [5.74, 6) is -0.215. The van der Waals surface area contributed by atoms with Crippen molar-refractivity contribution in [3.63, 3.8) is 0 Å². The zero-order chi connectivity index (χ0) is 19.5. The predicted molar refractivity (Wildman–Crippen MR) is 122 cm³/mol. The largest absolute Gasteiger partial charge is 0.343 e. The zero-order valence-electron chi connectivity index (χ0n) is 15.5. The van der Waals surface area contributed by atoms with Crippen molar-refractivity contribution in [2.24, 2.45) is 0 Å². The van der Waals surface area contributed by atoms with Crippen LogP contribution in [0.1, 0.15) is 16.7 Å². The summed E-state index contributed by atoms with van der Waals surface area (Å²) in [6, 6.07) is 20.5. The lowest BCUT2D eigenvalue weighted by molar-refractivity contribution is 0.625. The Morgan fingerprint density at radius 2 is 1.62 bits per heavy atom. The number of fused-ring (bicyclic) bond motifs is 1. The van der Waals surface area contributed by atoms with Crippen LogP contribution in [0.15, 0.2) is 72.9 Å². The molecule has 0 fully saturated rings. The summed E-state index contributed by atoms with van der Waals surface area (Å²) in [4.78, 5) is 0. The standard InChI is InChI=1S/C23H19Cl2FN2.ClH/c24-19-8-7-17(22(25)11-19)14-28-15-18(21-3-1-2-4-23(21)28)13-27-12-16-5-9-20(26)10-6-16;/h1-11,15,27H,12-14H2;1H. The third kappa shape index (κ3) is 5.12. The van der Waals surface area contributed by atoms with Crippen molar-refractivity contribution < 1.29 is 4.39 Å². The van der Waals surface area contributed by atoms with Crippen LogP contribution in [0.25, 0.3) is 10.9 Å². The third-order valence-electron chi connectivity index (χ3n) is 4.78. The lowest BCUT2D eigenvalue weighted by Gasteiger charge is -2.08. The van der Waals surface area contributed by atoms with Crippen LogP contribution in [0, 0.1) is 5.82 Å². The number of benzene rings is 3. The minimum Gasteiger partial charge on any atom is -0.343 e. The molecule has 0 aliphatic carbocycles. The number of para-hydroxylation sites is 1. The van der Waals surface area contributed by atoms with Gasteiger partial charge in [-0.1, -0.05) is 59.6 Å². The molecule has 4 rings (SSSR count). The number of rotatable bonds is 6. The second kappa shape index (κ2) is 9.64. The summed E-state index contributed by atoms with van der Waals surface area (Å²) >= 11 is 12.4. The normalized spacial score (nSPS) is 10.9. The molecule has 2 nitrogen and oxygen atoms in total. The summed E-state index contributed by atoms with van der Waals surface area (Å²) in [5.41, 5.74) is 4.45. The van der Waals surface area contributed by atoms with E-state index in [1.165, 1.54) is 23.1 Å². The molecule has 0 aliphatic heterocycles. The Balaban J connectivity index is 0.00000240. The maximum atomic E-state index is 13.0. The molecule has 1 N–H and O–H groups in total. The molecule has 0 amide bonds. The van der Waals surface area contributed by atoms with Gasteiger partial charge in [0.2, 0.25) is 0 Å². The summed E-state index contributed by atoms with van der Waals surface area (Å²) in [6.45, 7) is 2.08. The fourth-order valence-corrected chi connectivity index (χ4v) is 3.84. The fourth-order valence-electron chi connectivity index (χ4n) is 3.37. The van der Waals surface area contributed by atoms with Gasteiger partial charge in [-0.05, 0) is 47.0 Å². The van der Waals surface area contributed by atoms with Gasteiger partial charge in [0.1, 0.15) is 5.82 Å². The first-order valence-electron chi connectivity index (χ1n) is 9.06. The topological polar surface area (TPSA) is 17.0 Å². The van der Waals surface area contributed by atoms with Gasteiger partial charge in [-0.15, -0.1) is 12.4 Å². The lowest BCUT2D eigenvalue weighted by atomic mass is 10.1. The van der Waals surface area contributed by atoms with Gasteiger partial charge in [-0.25, -0.2) is 4.39 Å². The zero-order valence-corrected chi connectivity index (χ0v) is 17.9. The van der Waals surface area contributed by atoms with E-state index in [0.29, 0.717) is 23.1 Å². The van der Waals surface area contributed by atoms with Crippen LogP contribution >= 0.6 is 35.6 Å². The van der Waals surface area contributed by atoms with E-state index >= 15 is 0 Å². The summed E-state index contributed by atoms with van der Waals surface area (Å²) in [5, 5.41) is 5.96. The minimum atomic E-state index is -0.215. The van der Waals surface area contributed by atoms with E-state index in [9.17, 15) is 4.39 Å². The van der Waals surface area contributed by atoms with E-state index in [1.807, 2.05) is 24.3 Å². The van der Waals surface area contributed by atoms with Gasteiger partial charge in [0.25, 0.3) is 0 Å². The number of halogens is 4. The van der Waals surface area contributed by atoms with E-state index < -0.39 is 0 Å². The van der Waals surface area contributed by atoms with E-state index in [4.69, 9.17) is 23.2 Å². The highest BCUT2D eigenvalue weighted by Gasteiger charge is 2.10. The first kappa shape index (κ1) is 21.7. The molecule has 29 heavy (non-hydrogen) atoms. The number of nitrogens with one attached hydrogen (secondary N) is 1. The van der Waals surface area contributed by atoms with Gasteiger partial charge in [-0.2, -0.15) is 0 Å². The number of aromatic nitrogens is 1. The lowest BCUT2D eigenvalue weighted by Crippen LogP contribution is -2.12. The molecule has 1 aromatic heterocycles. The Bertz CT molecular complexity index is 1110. The molecule has 1 heterocycles. The molecule has 0 aliphatic rings. The quantitative estimate of drug-likeness (QED) is 0.341. The molecule has 0 unspecified atom stereocenters. The highest BCUT2D eigenvalue weighted by molar-refractivity contribution is 6.35. The number of nitrogens with zero attached hydrogens (tertiary/aromatic N) is 1. The van der Waals surface area contributed by atoms with Crippen molar-refractivity contribution >= 4 is 46.5 Å². The van der Waals surface area contributed by atoms with Crippen LogP contribution in [0.5, 0.6) is 0 Å². The van der Waals surface area contributed by atoms with E-state index in [1.54, 1.807) is 18.2 Å². The average molecular weight is 450 g/mol. The molecule has 0 saturated heterocycles. The smallest absolute Gasteiger partial charge is 0.123 e. The Kier molecular flexibility index (Phi) is 7.20. The van der Waals surface area contributed by atoms with Crippen LogP contribution in [0.3, 0.4) is 0 Å². The van der Waals surface area contributed by atoms with Gasteiger partial charge in [0, 0.05) is 46.8 Å². The van der Waals surface area contributed by atoms with Crippen LogP contribution in [-0.4, -0.2) is 4.57 Å². The van der Waals surface area contributed by atoms with Crippen molar-refractivity contribution in [1.82, 2.24) is 9.88 Å². The van der Waals surface area contributed by atoms with Gasteiger partial charge >= 0.3 is 0 Å². The van der Waals surface area contributed by atoms with Crippen molar-refractivity contribution in [2.45, 2.75) is 19.6 Å². The van der Waals surface area contributed by atoms with E-state index in [0.717, 1.165) is 23.2 Å². The van der Waals surface area contributed by atoms with E-state index in [2.05, 4.69) is 28.2 Å². The summed E-state index contributed by atoms with van der Waals surface area (Å²) in [6.07, 6.45) is 2.16. The highest BCUT2D eigenvalue weighted by Crippen LogP contribution is 2.26. The van der Waals surface area contributed by atoms with Crippen LogP contribution in [0.4, 0.5) is 4.39 Å². The number of hydrogen-bond acceptors (Lipinski definition) is 1. The second-order valence-corrected chi connectivity index (χ2v) is 7.61. The molecular weight excluding hydrogens is 430 g/mol. The molecule has 0 spiro atoms. The predicted octanol–water partition coefficient (Wildman–Crippen LogP) is 6.85. The summed E-state index contributed by atoms with van der Waals surface area (Å²) in [7, 11) is 0. The Morgan fingerprint density at radius 1 is 0.862 bits per heavy atom. The molecule has 4 aromatic rings. The highest BCUT2D eigenvalue weighted by atomic mass is 35.5. The third-order valence-corrected chi connectivity index (χ3v) is 5.37. The van der Waals surface area contributed by atoms with Crippen molar-refractivity contribution in [2.75, 3.05) is 0 Å². The van der Waals surface area contributed by atoms with E-state index in [-0.39, 0.29) is 18.2 Å². The van der Waals surface area contributed by atoms with Crippen molar-refractivity contribution in [3.8, 4) is 0 Å². The average Bonchev–Trinajstić information content (AvgIpc) is 3.03. The molecule has 0 atom stereocenters. The molecular formula is C23H20Cl3FN2. The van der Waals surface area contributed by atoms with Crippen molar-refractivity contribution in [1.29, 1.82) is 0 Å². The maximum absolute atomic E-state index is 13.0. The maximum Gasteiger partial charge on any atom is 0.123 e. The molecule has 0 radical (unpaired) electrons. The fraction of sp³-hybridized carbons (Fsp3) is 0.130. The molecule has 0 saturated carbocycles. The van der Waals surface area contributed by atoms with Crippen LogP contribution < -0.4 is 5.32 Å². The minimum absolute atomic E-state index is 0. The molecule has 0 bridgehead atoms. The first-order chi connectivity index (χ1) is 13.6. The monoisotopic (exact) mass is 448 g/mol. The Hall–Kier alpha value is -2.04. The number of hydrogen-bond donors (Lipinski definition) is 1. The summed E-state index contributed by atoms with van der Waals surface area (Å²) < 4.78 is 15.2. The first-order valence-corrected chi connectivity index (χ1v) is 9.81. The molecule has 3 aromatic carbocycles. The van der Waals surface area contributed by atoms with Gasteiger partial charge in [0.15, 0.2) is 0 Å². The second-order valence-electron chi connectivity index (χ2n) is 6.77. The van der Waals surface area contributed by atoms with Crippen LogP contribution in [0.2, 0.25) is 10.0 Å².